The fourth-order valence-corrected chi connectivity index (χ4v) is 3.05. The summed E-state index contributed by atoms with van der Waals surface area (Å²) in [7, 11) is 0. The lowest BCUT2D eigenvalue weighted by Gasteiger charge is -2.25. The molecule has 0 aliphatic heterocycles. The van der Waals surface area contributed by atoms with Gasteiger partial charge in [0, 0.05) is 6.04 Å². The van der Waals surface area contributed by atoms with E-state index in [-0.39, 0.29) is 30.7 Å². The van der Waals surface area contributed by atoms with Gasteiger partial charge >= 0.3 is 0 Å². The molecule has 0 radical (unpaired) electrons. The van der Waals surface area contributed by atoms with Gasteiger partial charge < -0.3 is 21.3 Å². The van der Waals surface area contributed by atoms with Crippen LogP contribution >= 0.6 is 0 Å². The molecular formula is C23H31N3O4. The Hall–Kier alpha value is -2.74. The third-order valence-electron chi connectivity index (χ3n) is 4.94. The molecule has 2 aromatic carbocycles. The number of imide groups is 1. The van der Waals surface area contributed by atoms with Crippen LogP contribution in [0.5, 0.6) is 5.75 Å². The van der Waals surface area contributed by atoms with Crippen LogP contribution < -0.4 is 16.4 Å². The molecule has 7 heteroatoms. The summed E-state index contributed by atoms with van der Waals surface area (Å²) in [6.45, 7) is 3.44. The maximum Gasteiger partial charge on any atom is 0.244 e. The molecule has 0 heterocycles. The van der Waals surface area contributed by atoms with Crippen LogP contribution in [0.3, 0.4) is 0 Å². The third kappa shape index (κ3) is 7.26. The molecule has 0 saturated carbocycles. The number of benzene rings is 2. The summed E-state index contributed by atoms with van der Waals surface area (Å²) in [5, 5.41) is 24.9. The molecule has 0 saturated heterocycles. The molecule has 0 bridgehead atoms. The van der Waals surface area contributed by atoms with Crippen molar-refractivity contribution in [2.75, 3.05) is 6.61 Å². The van der Waals surface area contributed by atoms with Gasteiger partial charge in [0.1, 0.15) is 5.75 Å². The highest BCUT2D eigenvalue weighted by atomic mass is 16.3. The third-order valence-corrected chi connectivity index (χ3v) is 4.94. The Morgan fingerprint density at radius 2 is 1.53 bits per heavy atom. The van der Waals surface area contributed by atoms with Crippen LogP contribution in [0.15, 0.2) is 54.6 Å². The van der Waals surface area contributed by atoms with E-state index in [9.17, 15) is 19.8 Å². The quantitative estimate of drug-likeness (QED) is 0.398. The van der Waals surface area contributed by atoms with Crippen molar-refractivity contribution in [2.45, 2.75) is 44.8 Å². The zero-order valence-corrected chi connectivity index (χ0v) is 17.4. The van der Waals surface area contributed by atoms with Gasteiger partial charge in [-0.1, -0.05) is 56.3 Å². The van der Waals surface area contributed by atoms with Gasteiger partial charge in [0.15, 0.2) is 0 Å². The van der Waals surface area contributed by atoms with E-state index in [1.807, 2.05) is 44.2 Å². The van der Waals surface area contributed by atoms with Crippen LogP contribution in [-0.4, -0.2) is 46.8 Å². The van der Waals surface area contributed by atoms with Crippen LogP contribution in [0.2, 0.25) is 0 Å². The van der Waals surface area contributed by atoms with Gasteiger partial charge in [-0.2, -0.15) is 0 Å². The van der Waals surface area contributed by atoms with E-state index in [1.165, 1.54) is 12.1 Å². The van der Waals surface area contributed by atoms with E-state index in [0.29, 0.717) is 6.42 Å². The van der Waals surface area contributed by atoms with Gasteiger partial charge in [0.25, 0.3) is 0 Å². The number of hydrogen-bond donors (Lipinski definition) is 5. The number of nitrogens with one attached hydrogen (secondary N) is 2. The summed E-state index contributed by atoms with van der Waals surface area (Å²) in [6, 6.07) is 14.2. The lowest BCUT2D eigenvalue weighted by Crippen LogP contribution is -2.55. The molecule has 0 unspecified atom stereocenters. The second-order valence-corrected chi connectivity index (χ2v) is 7.78. The molecule has 3 atom stereocenters. The highest BCUT2D eigenvalue weighted by Crippen LogP contribution is 2.13. The zero-order chi connectivity index (χ0) is 22.1. The number of nitrogens with two attached hydrogens (primary N) is 1. The second kappa shape index (κ2) is 11.4. The van der Waals surface area contributed by atoms with Crippen LogP contribution in [0, 0.1) is 5.92 Å². The number of carbonyl (C=O) groups is 2. The smallest absolute Gasteiger partial charge is 0.244 e. The molecule has 0 aliphatic rings. The second-order valence-electron chi connectivity index (χ2n) is 7.78. The Balaban J connectivity index is 2.15. The van der Waals surface area contributed by atoms with E-state index < -0.39 is 23.9 Å². The number of rotatable bonds is 10. The minimum Gasteiger partial charge on any atom is -0.508 e. The number of aliphatic hydroxyl groups excluding tert-OH is 1. The molecule has 162 valence electrons. The normalized spacial score (nSPS) is 14.2. The van der Waals surface area contributed by atoms with Crippen LogP contribution in [0.25, 0.3) is 0 Å². The maximum absolute atomic E-state index is 12.9. The summed E-state index contributed by atoms with van der Waals surface area (Å²) in [4.78, 5) is 25.2. The Morgan fingerprint density at radius 3 is 2.10 bits per heavy atom. The van der Waals surface area contributed by atoms with E-state index in [0.717, 1.165) is 11.1 Å². The van der Waals surface area contributed by atoms with Crippen molar-refractivity contribution >= 4 is 11.8 Å². The fraction of sp³-hybridized carbons (Fsp3) is 0.391. The molecule has 2 amide bonds. The van der Waals surface area contributed by atoms with Gasteiger partial charge in [-0.05, 0) is 42.0 Å². The lowest BCUT2D eigenvalue weighted by atomic mass is 10.0. The van der Waals surface area contributed by atoms with Gasteiger partial charge in [0.2, 0.25) is 11.8 Å². The van der Waals surface area contributed by atoms with E-state index in [1.54, 1.807) is 12.1 Å². The number of phenolic OH excluding ortho intramolecular Hbond substituents is 1. The maximum atomic E-state index is 12.9. The van der Waals surface area contributed by atoms with Crippen molar-refractivity contribution in [3.05, 3.63) is 65.7 Å². The number of aromatic hydroxyl groups is 1. The van der Waals surface area contributed by atoms with Gasteiger partial charge in [-0.25, -0.2) is 0 Å². The predicted molar refractivity (Wildman–Crippen MR) is 116 cm³/mol. The van der Waals surface area contributed by atoms with Crippen molar-refractivity contribution in [1.29, 1.82) is 0 Å². The summed E-state index contributed by atoms with van der Waals surface area (Å²) in [5.41, 5.74) is 7.68. The Bertz CT molecular complexity index is 809. The highest BCUT2D eigenvalue weighted by molar-refractivity contribution is 6.00. The minimum atomic E-state index is -0.791. The lowest BCUT2D eigenvalue weighted by molar-refractivity contribution is -0.133. The summed E-state index contributed by atoms with van der Waals surface area (Å²) in [5.74, 6) is -1.01. The SMILES string of the molecule is CC(C)[C@H](N)C(=O)NC(=O)[C@H](Cc1ccc(O)cc1)N[C@H](CO)Cc1ccccc1. The highest BCUT2D eigenvalue weighted by Gasteiger charge is 2.26. The first-order valence-corrected chi connectivity index (χ1v) is 10.1. The number of phenols is 1. The molecule has 0 aliphatic carbocycles. The van der Waals surface area contributed by atoms with E-state index in [2.05, 4.69) is 10.6 Å². The first-order valence-electron chi connectivity index (χ1n) is 10.1. The summed E-state index contributed by atoms with van der Waals surface area (Å²) < 4.78 is 0. The molecule has 7 nitrogen and oxygen atoms in total. The monoisotopic (exact) mass is 413 g/mol. The van der Waals surface area contributed by atoms with E-state index in [4.69, 9.17) is 5.73 Å². The Labute approximate surface area is 177 Å². The molecule has 30 heavy (non-hydrogen) atoms. The molecule has 6 N–H and O–H groups in total. The van der Waals surface area contributed by atoms with Gasteiger partial charge in [0.05, 0.1) is 18.7 Å². The standard InChI is InChI=1S/C23H31N3O4/c1-15(2)21(24)23(30)26-22(29)20(13-17-8-10-19(28)11-9-17)25-18(14-27)12-16-6-4-3-5-7-16/h3-11,15,18,20-21,25,27-28H,12-14,24H2,1-2H3,(H,26,29,30)/t18-,20-,21-/m0/s1. The number of amides is 2. The van der Waals surface area contributed by atoms with Gasteiger partial charge in [-0.3, -0.25) is 14.9 Å². The predicted octanol–water partition coefficient (Wildman–Crippen LogP) is 1.12. The van der Waals surface area contributed by atoms with Gasteiger partial charge in [-0.15, -0.1) is 0 Å². The van der Waals surface area contributed by atoms with Crippen molar-refractivity contribution in [1.82, 2.24) is 10.6 Å². The minimum absolute atomic E-state index is 0.107. The van der Waals surface area contributed by atoms with Crippen LogP contribution in [0.4, 0.5) is 0 Å². The number of hydrogen-bond acceptors (Lipinski definition) is 6. The average Bonchev–Trinajstić information content (AvgIpc) is 2.74. The van der Waals surface area contributed by atoms with Crippen molar-refractivity contribution in [2.24, 2.45) is 11.7 Å². The van der Waals surface area contributed by atoms with Crippen LogP contribution in [-0.2, 0) is 22.4 Å². The molecule has 2 rings (SSSR count). The first kappa shape index (κ1) is 23.5. The molecule has 0 fully saturated rings. The molecule has 0 aromatic heterocycles. The summed E-state index contributed by atoms with van der Waals surface area (Å²) >= 11 is 0. The van der Waals surface area contributed by atoms with Crippen molar-refractivity contribution in [3.8, 4) is 5.75 Å². The molecule has 0 spiro atoms. The molecular weight excluding hydrogens is 382 g/mol. The van der Waals surface area contributed by atoms with Crippen molar-refractivity contribution in [3.63, 3.8) is 0 Å². The average molecular weight is 414 g/mol. The Kier molecular flexibility index (Phi) is 8.98. The zero-order valence-electron chi connectivity index (χ0n) is 17.4. The molecule has 2 aromatic rings. The van der Waals surface area contributed by atoms with Crippen LogP contribution in [0.1, 0.15) is 25.0 Å². The fourth-order valence-electron chi connectivity index (χ4n) is 3.05. The first-order chi connectivity index (χ1) is 14.3. The van der Waals surface area contributed by atoms with E-state index >= 15 is 0 Å². The largest absolute Gasteiger partial charge is 0.508 e. The van der Waals surface area contributed by atoms with Crippen molar-refractivity contribution < 1.29 is 19.8 Å². The topological polar surface area (TPSA) is 125 Å². The number of aliphatic hydroxyl groups is 1. The summed E-state index contributed by atoms with van der Waals surface area (Å²) in [6.07, 6.45) is 0.803. The Morgan fingerprint density at radius 1 is 0.933 bits per heavy atom. The number of carbonyl (C=O) groups excluding carboxylic acids is 2.